The number of ether oxygens (including phenoxy) is 1. The van der Waals surface area contributed by atoms with E-state index in [0.29, 0.717) is 23.4 Å². The number of carbonyl (C=O) groups is 7. The molecule has 5 amide bonds. The van der Waals surface area contributed by atoms with Crippen LogP contribution < -0.4 is 42.8 Å². The third-order valence-electron chi connectivity index (χ3n) is 7.84. The number of hydrogen-bond acceptors (Lipinski definition) is 11. The number of likely N-dealkylation sites (N-methyl/N-ethyl adjacent to an activating group) is 1. The van der Waals surface area contributed by atoms with Crippen LogP contribution in [0.1, 0.15) is 58.6 Å². The van der Waals surface area contributed by atoms with Gasteiger partial charge in [-0.05, 0) is 36.2 Å². The summed E-state index contributed by atoms with van der Waals surface area (Å²) in [6, 6.07) is 7.76. The number of aromatic nitrogens is 1. The van der Waals surface area contributed by atoms with Gasteiger partial charge in [-0.1, -0.05) is 64.4 Å². The molecule has 326 valence electrons. The Kier molecular flexibility index (Phi) is 25.0. The van der Waals surface area contributed by atoms with Crippen molar-refractivity contribution < 1.29 is 48.5 Å². The summed E-state index contributed by atoms with van der Waals surface area (Å²) in [7, 11) is 0. The molecule has 0 bridgehead atoms. The zero-order valence-electron chi connectivity index (χ0n) is 34.3. The Morgan fingerprint density at radius 3 is 1.90 bits per heavy atom. The highest BCUT2D eigenvalue weighted by atomic mass is 32.2. The molecule has 2 aromatic carbocycles. The number of benzene rings is 2. The van der Waals surface area contributed by atoms with E-state index >= 15 is 0 Å². The quantitative estimate of drug-likeness (QED) is 0.0599. The van der Waals surface area contributed by atoms with Crippen LogP contribution >= 0.6 is 11.8 Å². The molecule has 59 heavy (non-hydrogen) atoms. The molecule has 0 spiro atoms. The number of amides is 5. The van der Waals surface area contributed by atoms with Crippen molar-refractivity contribution in [2.24, 2.45) is 11.5 Å². The van der Waals surface area contributed by atoms with Gasteiger partial charge in [0.05, 0.1) is 12.2 Å². The molecule has 4 atom stereocenters. The summed E-state index contributed by atoms with van der Waals surface area (Å²) < 4.78 is 5.15. The average molecular weight is 845 g/mol. The molecule has 3 aromatic rings. The molecule has 0 aliphatic carbocycles. The van der Waals surface area contributed by atoms with Gasteiger partial charge in [0.25, 0.3) is 0 Å². The number of para-hydroxylation sites is 1. The lowest BCUT2D eigenvalue weighted by molar-refractivity contribution is -0.141. The third kappa shape index (κ3) is 19.1. The predicted octanol–water partition coefficient (Wildman–Crippen LogP) is 1.06. The van der Waals surface area contributed by atoms with E-state index in [1.807, 2.05) is 38.1 Å². The maximum absolute atomic E-state index is 13.9. The van der Waals surface area contributed by atoms with E-state index < -0.39 is 78.7 Å². The Morgan fingerprint density at radius 1 is 0.746 bits per heavy atom. The lowest BCUT2D eigenvalue weighted by Gasteiger charge is -2.26. The molecular weight excluding hydrogens is 785 g/mol. The molecular formula is C40H60N8O10S. The van der Waals surface area contributed by atoms with E-state index in [1.165, 1.54) is 42.4 Å². The Labute approximate surface area is 348 Å². The van der Waals surface area contributed by atoms with Crippen molar-refractivity contribution in [3.05, 3.63) is 65.9 Å². The van der Waals surface area contributed by atoms with Crippen molar-refractivity contribution in [1.29, 1.82) is 0 Å². The first kappa shape index (κ1) is 51.4. The fourth-order valence-corrected chi connectivity index (χ4v) is 5.84. The SMILES string of the molecule is CC.CCC.CCNC(=O)C(Cc1c[nH]c2ccccc12)NC(=O)C(CC(=O)O)NC(=O)C(Cc1ccc(OCC(=O)O)cc1)NC(=O)C(CN)NC(=O)CSCCN. The van der Waals surface area contributed by atoms with Gasteiger partial charge < -0.3 is 58.0 Å². The van der Waals surface area contributed by atoms with E-state index in [-0.39, 0.29) is 37.4 Å². The van der Waals surface area contributed by atoms with E-state index in [1.54, 1.807) is 13.1 Å². The number of carboxylic acid groups (broad SMARTS) is 2. The highest BCUT2D eigenvalue weighted by Gasteiger charge is 2.33. The van der Waals surface area contributed by atoms with Crippen molar-refractivity contribution in [2.45, 2.75) is 84.5 Å². The summed E-state index contributed by atoms with van der Waals surface area (Å²) in [5.74, 6) is -5.67. The summed E-state index contributed by atoms with van der Waals surface area (Å²) in [5, 5.41) is 32.1. The highest BCUT2D eigenvalue weighted by molar-refractivity contribution is 7.99. The van der Waals surface area contributed by atoms with Crippen LogP contribution in [0.3, 0.4) is 0 Å². The van der Waals surface area contributed by atoms with Gasteiger partial charge in [0.2, 0.25) is 29.5 Å². The largest absolute Gasteiger partial charge is 0.482 e. The standard InChI is InChI=1S/C35H46N8O10S.C3H8.C2H6/c1-2-38-32(49)26(14-21-17-39-24-6-4-3-5-23(21)24)42-34(51)27(15-30(45)46)43-33(50)25(13-20-7-9-22(10-8-20)53-18-31(47)48)41-35(52)28(16-37)40-29(44)19-54-12-11-36;1-3-2;1-2/h3-10,17,25-28,39H,2,11-16,18-19,36-37H2,1H3,(H,38,49)(H,40,44)(H,41,52)(H,42,51)(H,43,50)(H,45,46)(H,47,48);3H2,1-2H3;1-2H3. The Bertz CT molecular complexity index is 1790. The highest BCUT2D eigenvalue weighted by Crippen LogP contribution is 2.19. The second-order valence-corrected chi connectivity index (χ2v) is 13.8. The Balaban J connectivity index is 0.00000332. The smallest absolute Gasteiger partial charge is 0.341 e. The predicted molar refractivity (Wildman–Crippen MR) is 227 cm³/mol. The topological polar surface area (TPSA) is 297 Å². The molecule has 0 saturated carbocycles. The van der Waals surface area contributed by atoms with Gasteiger partial charge in [0.15, 0.2) is 6.61 Å². The van der Waals surface area contributed by atoms with Crippen LogP contribution in [0.5, 0.6) is 5.75 Å². The molecule has 3 rings (SSSR count). The van der Waals surface area contributed by atoms with Crippen LogP contribution in [0.4, 0.5) is 0 Å². The fraction of sp³-hybridized carbons (Fsp3) is 0.475. The molecule has 0 saturated heterocycles. The van der Waals surface area contributed by atoms with Crippen LogP contribution in [0.2, 0.25) is 0 Å². The molecule has 0 radical (unpaired) electrons. The summed E-state index contributed by atoms with van der Waals surface area (Å²) >= 11 is 1.25. The molecule has 1 heterocycles. The van der Waals surface area contributed by atoms with Crippen molar-refractivity contribution in [2.75, 3.05) is 37.7 Å². The second kappa shape index (κ2) is 28.7. The first-order chi connectivity index (χ1) is 28.3. The molecule has 18 nitrogen and oxygen atoms in total. The number of carbonyl (C=O) groups excluding carboxylic acids is 5. The molecule has 0 aliphatic heterocycles. The summed E-state index contributed by atoms with van der Waals surface area (Å²) in [6.07, 6.45) is 1.92. The van der Waals surface area contributed by atoms with Crippen LogP contribution in [0, 0.1) is 0 Å². The van der Waals surface area contributed by atoms with Crippen molar-refractivity contribution in [3.8, 4) is 5.75 Å². The molecule has 1 aromatic heterocycles. The minimum absolute atomic E-state index is 0.00472. The van der Waals surface area contributed by atoms with Crippen molar-refractivity contribution in [3.63, 3.8) is 0 Å². The normalized spacial score (nSPS) is 12.4. The number of nitrogens with two attached hydrogens (primary N) is 2. The van der Waals surface area contributed by atoms with Crippen molar-refractivity contribution in [1.82, 2.24) is 31.6 Å². The zero-order valence-corrected chi connectivity index (χ0v) is 35.1. The monoisotopic (exact) mass is 844 g/mol. The Hall–Kier alpha value is -5.66. The molecule has 4 unspecified atom stereocenters. The number of rotatable bonds is 23. The van der Waals surface area contributed by atoms with Gasteiger partial charge in [-0.2, -0.15) is 11.8 Å². The maximum Gasteiger partial charge on any atom is 0.341 e. The minimum Gasteiger partial charge on any atom is -0.482 e. The number of thioether (sulfide) groups is 1. The van der Waals surface area contributed by atoms with E-state index in [9.17, 15) is 38.7 Å². The number of aromatic amines is 1. The summed E-state index contributed by atoms with van der Waals surface area (Å²) in [4.78, 5) is 92.3. The van der Waals surface area contributed by atoms with Gasteiger partial charge in [0, 0.05) is 55.3 Å². The number of carboxylic acids is 2. The van der Waals surface area contributed by atoms with Gasteiger partial charge in [-0.15, -0.1) is 0 Å². The van der Waals surface area contributed by atoms with Gasteiger partial charge in [0.1, 0.15) is 29.9 Å². The van der Waals surface area contributed by atoms with Crippen LogP contribution in [0.25, 0.3) is 10.9 Å². The fourth-order valence-electron chi connectivity index (χ4n) is 5.26. The first-order valence-electron chi connectivity index (χ1n) is 19.4. The number of nitrogens with one attached hydrogen (secondary N) is 6. The lowest BCUT2D eigenvalue weighted by atomic mass is 10.0. The first-order valence-corrected chi connectivity index (χ1v) is 20.6. The molecule has 19 heteroatoms. The number of aliphatic carboxylic acids is 2. The van der Waals surface area contributed by atoms with Gasteiger partial charge >= 0.3 is 11.9 Å². The van der Waals surface area contributed by atoms with E-state index in [4.69, 9.17) is 21.3 Å². The van der Waals surface area contributed by atoms with Crippen LogP contribution in [-0.2, 0) is 46.4 Å². The molecule has 12 N–H and O–H groups in total. The summed E-state index contributed by atoms with van der Waals surface area (Å²) in [6.45, 7) is 9.62. The molecule has 0 aliphatic rings. The maximum atomic E-state index is 13.9. The number of hydrogen-bond donors (Lipinski definition) is 10. The van der Waals surface area contributed by atoms with E-state index in [2.05, 4.69) is 45.4 Å². The van der Waals surface area contributed by atoms with Gasteiger partial charge in [-0.3, -0.25) is 28.8 Å². The summed E-state index contributed by atoms with van der Waals surface area (Å²) in [5.41, 5.74) is 13.2. The third-order valence-corrected chi connectivity index (χ3v) is 8.83. The lowest BCUT2D eigenvalue weighted by Crippen LogP contribution is -2.60. The zero-order chi connectivity index (χ0) is 44.3. The van der Waals surface area contributed by atoms with Crippen LogP contribution in [-0.4, -0.2) is 119 Å². The van der Waals surface area contributed by atoms with E-state index in [0.717, 1.165) is 10.9 Å². The molecule has 0 fully saturated rings. The number of fused-ring (bicyclic) bond motifs is 1. The average Bonchev–Trinajstić information content (AvgIpc) is 3.62. The minimum atomic E-state index is -1.69. The van der Waals surface area contributed by atoms with Gasteiger partial charge in [-0.25, -0.2) is 4.79 Å². The second-order valence-electron chi connectivity index (χ2n) is 12.7. The Morgan fingerprint density at radius 2 is 1.32 bits per heavy atom. The number of H-pyrrole nitrogens is 1. The van der Waals surface area contributed by atoms with Crippen LogP contribution in [0.15, 0.2) is 54.7 Å². The van der Waals surface area contributed by atoms with Crippen molar-refractivity contribution >= 4 is 64.1 Å².